The summed E-state index contributed by atoms with van der Waals surface area (Å²) in [7, 11) is 0. The Bertz CT molecular complexity index is 1110. The van der Waals surface area contributed by atoms with Gasteiger partial charge in [0.1, 0.15) is 0 Å². The highest BCUT2D eigenvalue weighted by molar-refractivity contribution is 7.22. The van der Waals surface area contributed by atoms with Crippen molar-refractivity contribution in [3.63, 3.8) is 0 Å². The molecule has 0 bridgehead atoms. The number of aromatic nitrogens is 3. The summed E-state index contributed by atoms with van der Waals surface area (Å²) < 4.78 is 6.45. The van der Waals surface area contributed by atoms with Crippen molar-refractivity contribution < 1.29 is 9.53 Å². The largest absolute Gasteiger partial charge is 0.378 e. The van der Waals surface area contributed by atoms with Crippen molar-refractivity contribution in [2.75, 3.05) is 36.5 Å². The van der Waals surface area contributed by atoms with E-state index < -0.39 is 0 Å². The number of thiophene rings is 1. The fourth-order valence-corrected chi connectivity index (χ4v) is 4.82. The number of fused-ring (bicyclic) bond motifs is 1. The van der Waals surface area contributed by atoms with E-state index in [1.807, 2.05) is 35.7 Å². The third kappa shape index (κ3) is 3.39. The zero-order chi connectivity index (χ0) is 18.9. The van der Waals surface area contributed by atoms with Gasteiger partial charge in [0.25, 0.3) is 5.91 Å². The van der Waals surface area contributed by atoms with Gasteiger partial charge in [0.2, 0.25) is 0 Å². The van der Waals surface area contributed by atoms with Crippen molar-refractivity contribution in [3.05, 3.63) is 47.5 Å². The lowest BCUT2D eigenvalue weighted by Crippen LogP contribution is -2.36. The van der Waals surface area contributed by atoms with Crippen LogP contribution >= 0.6 is 22.7 Å². The van der Waals surface area contributed by atoms with Crippen molar-refractivity contribution in [2.24, 2.45) is 0 Å². The Hall–Kier alpha value is -2.75. The Morgan fingerprint density at radius 2 is 2.11 bits per heavy atom. The van der Waals surface area contributed by atoms with E-state index in [4.69, 9.17) is 9.72 Å². The van der Waals surface area contributed by atoms with E-state index in [1.165, 1.54) is 0 Å². The highest BCUT2D eigenvalue weighted by atomic mass is 32.1. The lowest BCUT2D eigenvalue weighted by molar-refractivity contribution is 0.102. The molecule has 0 unspecified atom stereocenters. The topological polar surface area (TPSA) is 83.1 Å². The monoisotopic (exact) mass is 411 g/mol. The Labute approximate surface area is 169 Å². The maximum Gasteiger partial charge on any atom is 0.276 e. The number of ether oxygens (including phenoxy) is 1. The second kappa shape index (κ2) is 7.34. The van der Waals surface area contributed by atoms with E-state index in [0.29, 0.717) is 5.69 Å². The van der Waals surface area contributed by atoms with Crippen LogP contribution in [-0.2, 0) is 4.74 Å². The van der Waals surface area contributed by atoms with Gasteiger partial charge in [-0.2, -0.15) is 5.10 Å². The number of hydrogen-bond acceptors (Lipinski definition) is 7. The van der Waals surface area contributed by atoms with Crippen LogP contribution in [0.5, 0.6) is 0 Å². The molecule has 2 N–H and O–H groups in total. The quantitative estimate of drug-likeness (QED) is 0.533. The number of amides is 1. The molecule has 4 heterocycles. The summed E-state index contributed by atoms with van der Waals surface area (Å²) in [5.41, 5.74) is 2.87. The summed E-state index contributed by atoms with van der Waals surface area (Å²) in [5.74, 6) is -0.240. The molecule has 0 aliphatic carbocycles. The predicted molar refractivity (Wildman–Crippen MR) is 113 cm³/mol. The highest BCUT2D eigenvalue weighted by Gasteiger charge is 2.16. The number of hydrogen-bond donors (Lipinski definition) is 2. The molecule has 4 aromatic rings. The van der Waals surface area contributed by atoms with Crippen LogP contribution in [0.2, 0.25) is 0 Å². The van der Waals surface area contributed by atoms with Gasteiger partial charge in [-0.05, 0) is 35.7 Å². The number of carbonyl (C=O) groups excluding carboxylic acids is 1. The fraction of sp³-hybridized carbons (Fsp3) is 0.211. The fourth-order valence-electron chi connectivity index (χ4n) is 3.07. The lowest BCUT2D eigenvalue weighted by Gasteiger charge is -2.25. The first-order valence-corrected chi connectivity index (χ1v) is 10.6. The summed E-state index contributed by atoms with van der Waals surface area (Å²) in [5, 5.41) is 13.0. The van der Waals surface area contributed by atoms with Gasteiger partial charge in [-0.25, -0.2) is 4.98 Å². The van der Waals surface area contributed by atoms with E-state index in [1.54, 1.807) is 28.7 Å². The normalized spacial score (nSPS) is 14.5. The molecule has 7 nitrogen and oxygen atoms in total. The third-order valence-corrected chi connectivity index (χ3v) is 6.50. The van der Waals surface area contributed by atoms with Crippen molar-refractivity contribution in [3.8, 4) is 10.6 Å². The van der Waals surface area contributed by atoms with Gasteiger partial charge in [-0.1, -0.05) is 17.4 Å². The maximum atomic E-state index is 12.6. The molecule has 5 rings (SSSR count). The Morgan fingerprint density at radius 3 is 2.93 bits per heavy atom. The first-order chi connectivity index (χ1) is 13.8. The molecule has 1 aromatic carbocycles. The summed E-state index contributed by atoms with van der Waals surface area (Å²) in [4.78, 5) is 20.6. The van der Waals surface area contributed by atoms with E-state index in [0.717, 1.165) is 57.9 Å². The Morgan fingerprint density at radius 1 is 1.21 bits per heavy atom. The van der Waals surface area contributed by atoms with Gasteiger partial charge < -0.3 is 15.0 Å². The summed E-state index contributed by atoms with van der Waals surface area (Å²) in [6.07, 6.45) is 0. The van der Waals surface area contributed by atoms with Gasteiger partial charge >= 0.3 is 0 Å². The van der Waals surface area contributed by atoms with Crippen LogP contribution < -0.4 is 10.2 Å². The van der Waals surface area contributed by atoms with Crippen LogP contribution in [0.4, 0.5) is 10.8 Å². The number of H-pyrrole nitrogens is 1. The lowest BCUT2D eigenvalue weighted by atomic mass is 10.2. The Kier molecular flexibility index (Phi) is 4.55. The van der Waals surface area contributed by atoms with Crippen LogP contribution in [0.3, 0.4) is 0 Å². The van der Waals surface area contributed by atoms with Crippen LogP contribution in [-0.4, -0.2) is 47.4 Å². The van der Waals surface area contributed by atoms with E-state index in [9.17, 15) is 4.79 Å². The van der Waals surface area contributed by atoms with Crippen molar-refractivity contribution in [1.29, 1.82) is 0 Å². The van der Waals surface area contributed by atoms with Crippen molar-refractivity contribution in [1.82, 2.24) is 15.2 Å². The highest BCUT2D eigenvalue weighted by Crippen LogP contribution is 2.31. The van der Waals surface area contributed by atoms with Gasteiger partial charge in [0.05, 0.1) is 34.0 Å². The molecule has 1 fully saturated rings. The molecule has 28 heavy (non-hydrogen) atoms. The summed E-state index contributed by atoms with van der Waals surface area (Å²) in [6.45, 7) is 3.17. The average Bonchev–Trinajstić information content (AvgIpc) is 3.47. The van der Waals surface area contributed by atoms with Crippen molar-refractivity contribution in [2.45, 2.75) is 0 Å². The summed E-state index contributed by atoms with van der Waals surface area (Å²) >= 11 is 3.23. The molecule has 0 atom stereocenters. The second-order valence-electron chi connectivity index (χ2n) is 6.38. The molecular formula is C19H17N5O2S2. The van der Waals surface area contributed by atoms with Crippen LogP contribution in [0.1, 0.15) is 10.5 Å². The molecule has 0 saturated carbocycles. The van der Waals surface area contributed by atoms with Gasteiger partial charge in [-0.3, -0.25) is 9.89 Å². The average molecular weight is 412 g/mol. The minimum atomic E-state index is -0.240. The molecule has 1 amide bonds. The molecule has 9 heteroatoms. The molecule has 0 spiro atoms. The third-order valence-electron chi connectivity index (χ3n) is 4.51. The smallest absolute Gasteiger partial charge is 0.276 e. The van der Waals surface area contributed by atoms with E-state index in [2.05, 4.69) is 20.4 Å². The maximum absolute atomic E-state index is 12.6. The predicted octanol–water partition coefficient (Wildman–Crippen LogP) is 3.84. The number of aromatic amines is 1. The van der Waals surface area contributed by atoms with Gasteiger partial charge in [-0.15, -0.1) is 11.3 Å². The molecule has 0 radical (unpaired) electrons. The zero-order valence-electron chi connectivity index (χ0n) is 14.8. The number of anilines is 2. The first kappa shape index (κ1) is 17.4. The molecular weight excluding hydrogens is 394 g/mol. The van der Waals surface area contributed by atoms with Crippen LogP contribution in [0.15, 0.2) is 41.8 Å². The molecule has 1 aliphatic heterocycles. The number of benzene rings is 1. The number of nitrogens with zero attached hydrogens (tertiary/aromatic N) is 3. The number of morpholine rings is 1. The minimum Gasteiger partial charge on any atom is -0.378 e. The van der Waals surface area contributed by atoms with E-state index >= 15 is 0 Å². The number of rotatable bonds is 4. The van der Waals surface area contributed by atoms with Gasteiger partial charge in [0.15, 0.2) is 10.8 Å². The molecule has 3 aromatic heterocycles. The van der Waals surface area contributed by atoms with Gasteiger partial charge in [0, 0.05) is 18.8 Å². The van der Waals surface area contributed by atoms with Crippen LogP contribution in [0, 0.1) is 0 Å². The van der Waals surface area contributed by atoms with Crippen LogP contribution in [0.25, 0.3) is 20.8 Å². The van der Waals surface area contributed by atoms with E-state index in [-0.39, 0.29) is 5.91 Å². The molecule has 142 valence electrons. The molecule has 1 saturated heterocycles. The molecule has 1 aliphatic rings. The summed E-state index contributed by atoms with van der Waals surface area (Å²) in [6, 6.07) is 11.5. The zero-order valence-corrected chi connectivity index (χ0v) is 16.5. The first-order valence-electron chi connectivity index (χ1n) is 8.90. The number of nitrogens with one attached hydrogen (secondary N) is 2. The number of carbonyl (C=O) groups is 1. The minimum absolute atomic E-state index is 0.240. The standard InChI is InChI=1S/C19H17N5O2S2/c25-18(15-11-14(22-23-15)16-2-1-9-27-16)20-12-3-4-13-17(10-12)28-19(21-13)24-5-7-26-8-6-24/h1-4,9-11H,5-8H2,(H,20,25)(H,22,23). The SMILES string of the molecule is O=C(Nc1ccc2nc(N3CCOCC3)sc2c1)c1cc(-c2cccs2)[nH]n1. The number of thiazole rings is 1. The van der Waals surface area contributed by atoms with Crippen molar-refractivity contribution >= 4 is 49.6 Å². The Balaban J connectivity index is 1.34. The second-order valence-corrected chi connectivity index (χ2v) is 8.33.